The highest BCUT2D eigenvalue weighted by Crippen LogP contribution is 2.16. The lowest BCUT2D eigenvalue weighted by Gasteiger charge is -2.03. The van der Waals surface area contributed by atoms with Crippen LogP contribution in [0.15, 0.2) is 36.4 Å². The van der Waals surface area contributed by atoms with Gasteiger partial charge in [-0.15, -0.1) is 11.3 Å². The Morgan fingerprint density at radius 3 is 2.75 bits per heavy atom. The summed E-state index contributed by atoms with van der Waals surface area (Å²) in [5, 5.41) is 11.2. The molecule has 0 aromatic carbocycles. The molecule has 2 heterocycles. The van der Waals surface area contributed by atoms with E-state index >= 15 is 0 Å². The first-order valence-corrected chi connectivity index (χ1v) is 6.62. The molecule has 2 rings (SSSR count). The molecule has 0 aliphatic heterocycles. The Morgan fingerprint density at radius 2 is 2.10 bits per heavy atom. The van der Waals surface area contributed by atoms with Crippen molar-refractivity contribution in [3.05, 3.63) is 51.9 Å². The Kier molecular flexibility index (Phi) is 4.27. The van der Waals surface area contributed by atoms with Crippen molar-refractivity contribution in [2.45, 2.75) is 6.92 Å². The molecule has 0 atom stereocenters. The summed E-state index contributed by atoms with van der Waals surface area (Å²) in [6, 6.07) is 8.63. The van der Waals surface area contributed by atoms with Crippen LogP contribution >= 0.6 is 11.3 Å². The van der Waals surface area contributed by atoms with E-state index < -0.39 is 5.97 Å². The van der Waals surface area contributed by atoms with Crippen LogP contribution in [0.1, 0.15) is 20.2 Å². The Bertz CT molecular complexity index is 677. The van der Waals surface area contributed by atoms with E-state index in [1.165, 1.54) is 17.4 Å². The van der Waals surface area contributed by atoms with Crippen molar-refractivity contribution < 1.29 is 14.7 Å². The lowest BCUT2D eigenvalue weighted by Crippen LogP contribution is -2.11. The molecule has 0 aliphatic rings. The molecule has 102 valence electrons. The van der Waals surface area contributed by atoms with Crippen molar-refractivity contribution in [3.8, 4) is 0 Å². The second-order valence-corrected chi connectivity index (χ2v) is 5.27. The third kappa shape index (κ3) is 3.76. The van der Waals surface area contributed by atoms with Crippen molar-refractivity contribution >= 4 is 35.1 Å². The van der Waals surface area contributed by atoms with Crippen LogP contribution in [0.2, 0.25) is 0 Å². The van der Waals surface area contributed by atoms with Crippen molar-refractivity contribution in [2.24, 2.45) is 0 Å². The zero-order valence-corrected chi connectivity index (χ0v) is 11.5. The molecule has 0 saturated heterocycles. The van der Waals surface area contributed by atoms with E-state index in [1.54, 1.807) is 24.3 Å². The van der Waals surface area contributed by atoms with E-state index in [-0.39, 0.29) is 5.91 Å². The van der Waals surface area contributed by atoms with Crippen LogP contribution in [-0.4, -0.2) is 22.0 Å². The number of carboxylic acid groups (broad SMARTS) is 1. The number of rotatable bonds is 4. The molecule has 2 aromatic rings. The topological polar surface area (TPSA) is 79.3 Å². The highest BCUT2D eigenvalue weighted by atomic mass is 32.1. The van der Waals surface area contributed by atoms with E-state index in [0.29, 0.717) is 16.4 Å². The maximum atomic E-state index is 12.0. The molecular formula is C14H12N2O3S. The highest BCUT2D eigenvalue weighted by Gasteiger charge is 2.08. The van der Waals surface area contributed by atoms with Gasteiger partial charge in [0.2, 0.25) is 0 Å². The normalized spacial score (nSPS) is 10.7. The molecule has 0 bridgehead atoms. The Hall–Kier alpha value is -2.47. The van der Waals surface area contributed by atoms with Crippen LogP contribution in [0, 0.1) is 6.92 Å². The quantitative estimate of drug-likeness (QED) is 0.848. The summed E-state index contributed by atoms with van der Waals surface area (Å²) in [4.78, 5) is 28.2. The number of nitrogens with zero attached hydrogens (tertiary/aromatic N) is 1. The zero-order valence-electron chi connectivity index (χ0n) is 10.7. The average molecular weight is 288 g/mol. The van der Waals surface area contributed by atoms with Gasteiger partial charge in [0.05, 0.1) is 10.6 Å². The molecule has 1 amide bonds. The molecule has 20 heavy (non-hydrogen) atoms. The third-order valence-electron chi connectivity index (χ3n) is 2.37. The first-order chi connectivity index (χ1) is 9.54. The number of aliphatic carboxylic acids is 1. The molecule has 0 unspecified atom stereocenters. The summed E-state index contributed by atoms with van der Waals surface area (Å²) in [6.45, 7) is 1.93. The molecule has 0 fully saturated rings. The fraction of sp³-hybridized carbons (Fsp3) is 0.0714. The number of carbonyl (C=O) groups excluding carboxylic acids is 1. The van der Waals surface area contributed by atoms with Crippen LogP contribution in [0.3, 0.4) is 0 Å². The molecule has 6 heteroatoms. The minimum absolute atomic E-state index is 0.227. The van der Waals surface area contributed by atoms with Crippen LogP contribution in [0.4, 0.5) is 5.82 Å². The molecule has 0 saturated carbocycles. The SMILES string of the molecule is Cc1ccc(C(=O)Nc2cccc(C=CC(=O)O)n2)s1. The maximum Gasteiger partial charge on any atom is 0.328 e. The Morgan fingerprint density at radius 1 is 1.30 bits per heavy atom. The lowest BCUT2D eigenvalue weighted by molar-refractivity contribution is -0.131. The summed E-state index contributed by atoms with van der Waals surface area (Å²) in [7, 11) is 0. The molecule has 0 spiro atoms. The number of thiophene rings is 1. The van der Waals surface area contributed by atoms with E-state index in [9.17, 15) is 9.59 Å². The number of anilines is 1. The van der Waals surface area contributed by atoms with Gasteiger partial charge in [-0.1, -0.05) is 6.07 Å². The second kappa shape index (κ2) is 6.12. The standard InChI is InChI=1S/C14H12N2O3S/c1-9-5-7-11(20-9)14(19)16-12-4-2-3-10(15-12)6-8-13(17)18/h2-8H,1H3,(H,17,18)(H,15,16,19). The number of carboxylic acids is 1. The van der Waals surface area contributed by atoms with Crippen LogP contribution in [-0.2, 0) is 4.79 Å². The number of aromatic nitrogens is 1. The van der Waals surface area contributed by atoms with Crippen LogP contribution < -0.4 is 5.32 Å². The van der Waals surface area contributed by atoms with Crippen molar-refractivity contribution in [1.29, 1.82) is 0 Å². The average Bonchev–Trinajstić information content (AvgIpc) is 2.84. The van der Waals surface area contributed by atoms with E-state index in [1.807, 2.05) is 13.0 Å². The van der Waals surface area contributed by atoms with Gasteiger partial charge in [0.25, 0.3) is 5.91 Å². The monoisotopic (exact) mass is 288 g/mol. The van der Waals surface area contributed by atoms with Gasteiger partial charge in [0.15, 0.2) is 0 Å². The predicted octanol–water partition coefficient (Wildman–Crippen LogP) is 2.80. The van der Waals surface area contributed by atoms with Gasteiger partial charge in [-0.3, -0.25) is 4.79 Å². The smallest absolute Gasteiger partial charge is 0.328 e. The second-order valence-electron chi connectivity index (χ2n) is 3.98. The zero-order chi connectivity index (χ0) is 14.5. The fourth-order valence-corrected chi connectivity index (χ4v) is 2.27. The fourth-order valence-electron chi connectivity index (χ4n) is 1.51. The van der Waals surface area contributed by atoms with Gasteiger partial charge in [-0.2, -0.15) is 0 Å². The summed E-state index contributed by atoms with van der Waals surface area (Å²) < 4.78 is 0. The molecule has 5 nitrogen and oxygen atoms in total. The minimum atomic E-state index is -1.05. The summed E-state index contributed by atoms with van der Waals surface area (Å²) in [5.74, 6) is -0.890. The lowest BCUT2D eigenvalue weighted by atomic mass is 10.3. The Labute approximate surface area is 119 Å². The predicted molar refractivity (Wildman–Crippen MR) is 77.9 cm³/mol. The van der Waals surface area contributed by atoms with Crippen molar-refractivity contribution in [1.82, 2.24) is 4.98 Å². The Balaban J connectivity index is 2.11. The molecular weight excluding hydrogens is 276 g/mol. The summed E-state index contributed by atoms with van der Waals surface area (Å²) in [5.41, 5.74) is 0.465. The molecule has 0 aliphatic carbocycles. The van der Waals surface area contributed by atoms with Gasteiger partial charge in [-0.05, 0) is 37.3 Å². The highest BCUT2D eigenvalue weighted by molar-refractivity contribution is 7.14. The van der Waals surface area contributed by atoms with Crippen molar-refractivity contribution in [3.63, 3.8) is 0 Å². The van der Waals surface area contributed by atoms with Gasteiger partial charge in [0.1, 0.15) is 5.82 Å². The number of aryl methyl sites for hydroxylation is 1. The number of carbonyl (C=O) groups is 2. The number of hydrogen-bond donors (Lipinski definition) is 2. The van der Waals surface area contributed by atoms with Crippen molar-refractivity contribution in [2.75, 3.05) is 5.32 Å². The molecule has 2 N–H and O–H groups in total. The number of amides is 1. The minimum Gasteiger partial charge on any atom is -0.478 e. The first-order valence-electron chi connectivity index (χ1n) is 5.80. The van der Waals surface area contributed by atoms with Gasteiger partial charge < -0.3 is 10.4 Å². The summed E-state index contributed by atoms with van der Waals surface area (Å²) >= 11 is 1.40. The number of pyridine rings is 1. The summed E-state index contributed by atoms with van der Waals surface area (Å²) in [6.07, 6.45) is 2.36. The van der Waals surface area contributed by atoms with Gasteiger partial charge in [-0.25, -0.2) is 9.78 Å². The molecule has 0 radical (unpaired) electrons. The van der Waals surface area contributed by atoms with E-state index in [0.717, 1.165) is 11.0 Å². The maximum absolute atomic E-state index is 12.0. The van der Waals surface area contributed by atoms with E-state index in [2.05, 4.69) is 10.3 Å². The van der Waals surface area contributed by atoms with Crippen LogP contribution in [0.5, 0.6) is 0 Å². The number of nitrogens with one attached hydrogen (secondary N) is 1. The van der Waals surface area contributed by atoms with Gasteiger partial charge >= 0.3 is 5.97 Å². The number of hydrogen-bond acceptors (Lipinski definition) is 4. The van der Waals surface area contributed by atoms with Gasteiger partial charge in [0, 0.05) is 11.0 Å². The third-order valence-corrected chi connectivity index (χ3v) is 3.37. The van der Waals surface area contributed by atoms with E-state index in [4.69, 9.17) is 5.11 Å². The van der Waals surface area contributed by atoms with Crippen LogP contribution in [0.25, 0.3) is 6.08 Å². The first kappa shape index (κ1) is 14.0. The largest absolute Gasteiger partial charge is 0.478 e. The molecule has 2 aromatic heterocycles.